The summed E-state index contributed by atoms with van der Waals surface area (Å²) in [4.78, 5) is 20.5. The van der Waals surface area contributed by atoms with Gasteiger partial charge in [-0.1, -0.05) is 26.0 Å². The molecule has 7 nitrogen and oxygen atoms in total. The van der Waals surface area contributed by atoms with Gasteiger partial charge in [-0.05, 0) is 36.3 Å². The molecule has 1 atom stereocenters. The number of carbonyl (C=O) groups is 1. The van der Waals surface area contributed by atoms with Crippen LogP contribution in [0, 0.1) is 5.82 Å². The van der Waals surface area contributed by atoms with Gasteiger partial charge < -0.3 is 4.74 Å². The smallest absolute Gasteiger partial charge is 0.331 e. The molecule has 0 N–H and O–H groups in total. The van der Waals surface area contributed by atoms with Crippen LogP contribution < -0.4 is 4.31 Å². The molecule has 0 fully saturated rings. The average Bonchev–Trinajstić information content (AvgIpc) is 2.71. The lowest BCUT2D eigenvalue weighted by atomic mass is 9.97. The molecule has 0 saturated heterocycles. The third kappa shape index (κ3) is 5.35. The number of esters is 1. The number of benzene rings is 1. The van der Waals surface area contributed by atoms with Crippen molar-refractivity contribution in [2.75, 3.05) is 17.6 Å². The van der Waals surface area contributed by atoms with E-state index < -0.39 is 27.9 Å². The topological polar surface area (TPSA) is 89.5 Å². The van der Waals surface area contributed by atoms with Crippen molar-refractivity contribution in [2.45, 2.75) is 32.3 Å². The first kappa shape index (κ1) is 22.6. The fourth-order valence-corrected chi connectivity index (χ4v) is 3.43. The standard InChI is InChI=1S/C22H24FN3O4S/c1-14(2)20-18(13-12-17-6-5-7-19(27)30-17)21(15-8-10-16(23)11-9-15)25-22(24-20)26(3)31(4,28)29/h5,7-14,17H,6H2,1-4H3. The fraction of sp³-hybridized carbons (Fsp3) is 0.318. The van der Waals surface area contributed by atoms with Crippen molar-refractivity contribution in [3.05, 3.63) is 59.6 Å². The summed E-state index contributed by atoms with van der Waals surface area (Å²) in [5, 5.41) is 0. The molecular formula is C22H24FN3O4S. The molecule has 0 aliphatic carbocycles. The zero-order valence-electron chi connectivity index (χ0n) is 17.7. The van der Waals surface area contributed by atoms with Crippen molar-refractivity contribution in [1.29, 1.82) is 0 Å². The lowest BCUT2D eigenvalue weighted by Crippen LogP contribution is -2.27. The van der Waals surface area contributed by atoms with E-state index in [1.165, 1.54) is 25.3 Å². The maximum atomic E-state index is 13.5. The molecule has 1 aromatic heterocycles. The molecule has 3 rings (SSSR count). The van der Waals surface area contributed by atoms with Crippen molar-refractivity contribution in [3.8, 4) is 11.3 Å². The van der Waals surface area contributed by atoms with Crippen molar-refractivity contribution in [3.63, 3.8) is 0 Å². The summed E-state index contributed by atoms with van der Waals surface area (Å²) in [6.07, 6.45) is 7.83. The summed E-state index contributed by atoms with van der Waals surface area (Å²) in [6.45, 7) is 3.86. The Kier molecular flexibility index (Phi) is 6.54. The van der Waals surface area contributed by atoms with E-state index in [0.717, 1.165) is 10.6 Å². The van der Waals surface area contributed by atoms with Gasteiger partial charge in [0.2, 0.25) is 16.0 Å². The van der Waals surface area contributed by atoms with E-state index in [2.05, 4.69) is 9.97 Å². The molecular weight excluding hydrogens is 421 g/mol. The van der Waals surface area contributed by atoms with Crippen LogP contribution in [0.3, 0.4) is 0 Å². The number of carbonyl (C=O) groups excluding carboxylic acids is 1. The van der Waals surface area contributed by atoms with Crippen LogP contribution in [0.4, 0.5) is 10.3 Å². The number of sulfonamides is 1. The Bertz CT molecular complexity index is 1140. The van der Waals surface area contributed by atoms with E-state index in [1.54, 1.807) is 30.4 Å². The van der Waals surface area contributed by atoms with Gasteiger partial charge in [0.25, 0.3) is 0 Å². The van der Waals surface area contributed by atoms with Crippen LogP contribution in [0.2, 0.25) is 0 Å². The van der Waals surface area contributed by atoms with Crippen LogP contribution >= 0.6 is 0 Å². The molecule has 1 aromatic carbocycles. The van der Waals surface area contributed by atoms with Gasteiger partial charge in [0, 0.05) is 30.7 Å². The molecule has 1 aliphatic heterocycles. The average molecular weight is 446 g/mol. The first-order valence-electron chi connectivity index (χ1n) is 9.73. The highest BCUT2D eigenvalue weighted by Gasteiger charge is 2.22. The molecule has 164 valence electrons. The summed E-state index contributed by atoms with van der Waals surface area (Å²) in [5.74, 6) is -0.851. The quantitative estimate of drug-likeness (QED) is 0.630. The zero-order chi connectivity index (χ0) is 22.8. The number of aromatic nitrogens is 2. The van der Waals surface area contributed by atoms with E-state index in [0.29, 0.717) is 28.9 Å². The summed E-state index contributed by atoms with van der Waals surface area (Å²) >= 11 is 0. The molecule has 0 saturated carbocycles. The monoisotopic (exact) mass is 445 g/mol. The van der Waals surface area contributed by atoms with Gasteiger partial charge in [-0.15, -0.1) is 0 Å². The predicted octanol–water partition coefficient (Wildman–Crippen LogP) is 3.69. The van der Waals surface area contributed by atoms with Gasteiger partial charge in [-0.3, -0.25) is 0 Å². The Morgan fingerprint density at radius 2 is 1.90 bits per heavy atom. The molecule has 9 heteroatoms. The minimum Gasteiger partial charge on any atom is -0.455 e. The van der Waals surface area contributed by atoms with Crippen LogP contribution in [-0.2, 0) is 19.6 Å². The molecule has 31 heavy (non-hydrogen) atoms. The largest absolute Gasteiger partial charge is 0.455 e. The molecule has 0 spiro atoms. The van der Waals surface area contributed by atoms with Crippen LogP contribution in [-0.4, -0.2) is 43.8 Å². The number of cyclic esters (lactones) is 1. The SMILES string of the molecule is CC(C)c1nc(N(C)S(C)(=O)=O)nc(-c2ccc(F)cc2)c1C=CC1CC=CC(=O)O1. The Morgan fingerprint density at radius 1 is 1.23 bits per heavy atom. The molecule has 2 heterocycles. The van der Waals surface area contributed by atoms with Crippen LogP contribution in [0.15, 0.2) is 42.5 Å². The Labute approximate surface area is 181 Å². The second kappa shape index (κ2) is 8.97. The third-order valence-corrected chi connectivity index (χ3v) is 5.93. The molecule has 1 unspecified atom stereocenters. The van der Waals surface area contributed by atoms with E-state index in [9.17, 15) is 17.6 Å². The lowest BCUT2D eigenvalue weighted by Gasteiger charge is -2.21. The van der Waals surface area contributed by atoms with Gasteiger partial charge in [-0.25, -0.2) is 31.9 Å². The number of hydrogen-bond acceptors (Lipinski definition) is 6. The van der Waals surface area contributed by atoms with Crippen LogP contribution in [0.1, 0.15) is 37.4 Å². The molecule has 0 bridgehead atoms. The Balaban J connectivity index is 2.19. The van der Waals surface area contributed by atoms with Gasteiger partial charge in [0.1, 0.15) is 11.9 Å². The Morgan fingerprint density at radius 3 is 2.48 bits per heavy atom. The third-order valence-electron chi connectivity index (χ3n) is 4.77. The van der Waals surface area contributed by atoms with Crippen LogP contribution in [0.5, 0.6) is 0 Å². The fourth-order valence-electron chi connectivity index (χ4n) is 3.05. The van der Waals surface area contributed by atoms with Crippen LogP contribution in [0.25, 0.3) is 17.3 Å². The highest BCUT2D eigenvalue weighted by molar-refractivity contribution is 7.92. The van der Waals surface area contributed by atoms with Gasteiger partial charge in [0.05, 0.1) is 17.6 Å². The number of rotatable bonds is 6. The molecule has 2 aromatic rings. The second-order valence-electron chi connectivity index (χ2n) is 7.54. The minimum absolute atomic E-state index is 0.0229. The van der Waals surface area contributed by atoms with E-state index in [-0.39, 0.29) is 11.9 Å². The summed E-state index contributed by atoms with van der Waals surface area (Å²) in [7, 11) is -2.21. The maximum absolute atomic E-state index is 13.5. The second-order valence-corrected chi connectivity index (χ2v) is 9.55. The molecule has 0 radical (unpaired) electrons. The zero-order valence-corrected chi connectivity index (χ0v) is 18.6. The highest BCUT2D eigenvalue weighted by Crippen LogP contribution is 2.32. The van der Waals surface area contributed by atoms with Gasteiger partial charge >= 0.3 is 5.97 Å². The van der Waals surface area contributed by atoms with Crippen molar-refractivity contribution >= 4 is 28.0 Å². The highest BCUT2D eigenvalue weighted by atomic mass is 32.2. The van der Waals surface area contributed by atoms with Crippen molar-refractivity contribution < 1.29 is 22.3 Å². The molecule has 0 amide bonds. The van der Waals surface area contributed by atoms with E-state index in [1.807, 2.05) is 13.8 Å². The molecule has 1 aliphatic rings. The summed E-state index contributed by atoms with van der Waals surface area (Å²) in [5.41, 5.74) is 2.33. The number of halogens is 1. The lowest BCUT2D eigenvalue weighted by molar-refractivity contribution is -0.141. The number of ether oxygens (including phenoxy) is 1. The van der Waals surface area contributed by atoms with E-state index >= 15 is 0 Å². The first-order chi connectivity index (χ1) is 14.6. The number of anilines is 1. The summed E-state index contributed by atoms with van der Waals surface area (Å²) in [6, 6.07) is 5.78. The van der Waals surface area contributed by atoms with E-state index in [4.69, 9.17) is 4.74 Å². The Hall–Kier alpha value is -3.07. The van der Waals surface area contributed by atoms with Gasteiger partial charge in [-0.2, -0.15) is 0 Å². The minimum atomic E-state index is -3.59. The number of nitrogens with zero attached hydrogens (tertiary/aromatic N) is 3. The van der Waals surface area contributed by atoms with Gasteiger partial charge in [0.15, 0.2) is 0 Å². The predicted molar refractivity (Wildman–Crippen MR) is 117 cm³/mol. The number of hydrogen-bond donors (Lipinski definition) is 0. The summed E-state index contributed by atoms with van der Waals surface area (Å²) < 4.78 is 44.0. The van der Waals surface area contributed by atoms with Crippen molar-refractivity contribution in [2.24, 2.45) is 0 Å². The normalized spacial score (nSPS) is 16.7. The first-order valence-corrected chi connectivity index (χ1v) is 11.6. The van der Waals surface area contributed by atoms with Crippen molar-refractivity contribution in [1.82, 2.24) is 9.97 Å². The maximum Gasteiger partial charge on any atom is 0.331 e.